The maximum atomic E-state index is 11.7. The van der Waals surface area contributed by atoms with E-state index in [-0.39, 0.29) is 12.1 Å². The van der Waals surface area contributed by atoms with Crippen molar-refractivity contribution < 1.29 is 39.8 Å². The van der Waals surface area contributed by atoms with E-state index in [4.69, 9.17) is 9.47 Å². The largest absolute Gasteiger partial charge is 0.455 e. The summed E-state index contributed by atoms with van der Waals surface area (Å²) in [5.74, 6) is -0.339. The Morgan fingerprint density at radius 1 is 0.721 bits per heavy atom. The van der Waals surface area contributed by atoms with Crippen LogP contribution < -0.4 is 0 Å². The fraction of sp³-hybridized carbons (Fsp3) is 0.914. The number of carbonyl (C=O) groups excluding carboxylic acids is 1. The quantitative estimate of drug-likeness (QED) is 0.0590. The molecular formula is C35H64O8. The summed E-state index contributed by atoms with van der Waals surface area (Å²) in [7, 11) is 0. The minimum atomic E-state index is -0.886. The molecule has 252 valence electrons. The first-order valence-electron chi connectivity index (χ1n) is 17.7. The molecule has 8 atom stereocenters. The number of hydrogen-bond donors (Lipinski definition) is 5. The van der Waals surface area contributed by atoms with Crippen LogP contribution >= 0.6 is 0 Å². The predicted octanol–water partition coefficient (Wildman–Crippen LogP) is 6.03. The number of aliphatic hydroxyl groups is 5. The second kappa shape index (κ2) is 22.5. The Balaban J connectivity index is 1.47. The summed E-state index contributed by atoms with van der Waals surface area (Å²) in [4.78, 5) is 11.7. The average molecular weight is 613 g/mol. The summed E-state index contributed by atoms with van der Waals surface area (Å²) in [6.07, 6.45) is 17.8. The number of unbranched alkanes of at least 4 members (excludes halogenated alkanes) is 13. The van der Waals surface area contributed by atoms with Crippen molar-refractivity contribution in [2.24, 2.45) is 0 Å². The van der Waals surface area contributed by atoms with Gasteiger partial charge in [-0.1, -0.05) is 103 Å². The Morgan fingerprint density at radius 3 is 1.84 bits per heavy atom. The molecular weight excluding hydrogens is 548 g/mol. The number of rotatable bonds is 26. The Bertz CT molecular complexity index is 758. The molecule has 8 nitrogen and oxygen atoms in total. The van der Waals surface area contributed by atoms with E-state index < -0.39 is 42.7 Å². The highest BCUT2D eigenvalue weighted by molar-refractivity contribution is 5.90. The lowest BCUT2D eigenvalue weighted by atomic mass is 9.97. The highest BCUT2D eigenvalue weighted by atomic mass is 16.5. The zero-order valence-corrected chi connectivity index (χ0v) is 27.2. The summed E-state index contributed by atoms with van der Waals surface area (Å²) < 4.78 is 11.0. The van der Waals surface area contributed by atoms with Crippen LogP contribution in [0.4, 0.5) is 0 Å². The molecule has 0 radical (unpaired) electrons. The van der Waals surface area contributed by atoms with Crippen LogP contribution in [0.15, 0.2) is 11.6 Å². The molecule has 0 bridgehead atoms. The van der Waals surface area contributed by atoms with Gasteiger partial charge in [0.15, 0.2) is 0 Å². The first kappa shape index (κ1) is 38.2. The fourth-order valence-corrected chi connectivity index (χ4v) is 6.44. The zero-order chi connectivity index (χ0) is 31.5. The molecule has 0 aromatic carbocycles. The van der Waals surface area contributed by atoms with E-state index in [0.717, 1.165) is 32.1 Å². The highest BCUT2D eigenvalue weighted by Crippen LogP contribution is 2.29. The predicted molar refractivity (Wildman–Crippen MR) is 170 cm³/mol. The van der Waals surface area contributed by atoms with Crippen LogP contribution in [0.25, 0.3) is 0 Å². The number of hydrogen-bond acceptors (Lipinski definition) is 8. The summed E-state index contributed by atoms with van der Waals surface area (Å²) >= 11 is 0. The third kappa shape index (κ3) is 16.2. The van der Waals surface area contributed by atoms with Crippen molar-refractivity contribution in [2.45, 2.75) is 204 Å². The van der Waals surface area contributed by atoms with Gasteiger partial charge in [-0.15, -0.1) is 0 Å². The van der Waals surface area contributed by atoms with Gasteiger partial charge in [-0.3, -0.25) is 0 Å². The Morgan fingerprint density at radius 2 is 1.26 bits per heavy atom. The number of cyclic esters (lactones) is 1. The molecule has 1 fully saturated rings. The molecule has 0 saturated carbocycles. The molecule has 0 spiro atoms. The van der Waals surface area contributed by atoms with Crippen molar-refractivity contribution in [2.75, 3.05) is 0 Å². The topological polar surface area (TPSA) is 137 Å². The maximum absolute atomic E-state index is 11.7. The van der Waals surface area contributed by atoms with Crippen LogP contribution in [0.1, 0.15) is 155 Å². The molecule has 0 aromatic rings. The van der Waals surface area contributed by atoms with Crippen molar-refractivity contribution in [1.29, 1.82) is 0 Å². The number of aliphatic hydroxyl groups excluding tert-OH is 5. The molecule has 2 aliphatic heterocycles. The van der Waals surface area contributed by atoms with Gasteiger partial charge >= 0.3 is 5.97 Å². The molecule has 0 aliphatic carbocycles. The van der Waals surface area contributed by atoms with E-state index in [2.05, 4.69) is 6.92 Å². The van der Waals surface area contributed by atoms with Gasteiger partial charge in [0.05, 0.1) is 36.6 Å². The van der Waals surface area contributed by atoms with Gasteiger partial charge in [0.1, 0.15) is 12.2 Å². The van der Waals surface area contributed by atoms with Crippen molar-refractivity contribution in [1.82, 2.24) is 0 Å². The lowest BCUT2D eigenvalue weighted by Crippen LogP contribution is -2.35. The Labute approximate surface area is 261 Å². The van der Waals surface area contributed by atoms with Gasteiger partial charge in [0, 0.05) is 18.4 Å². The van der Waals surface area contributed by atoms with Gasteiger partial charge in [0.2, 0.25) is 0 Å². The second-order valence-electron chi connectivity index (χ2n) is 13.3. The van der Waals surface area contributed by atoms with Gasteiger partial charge in [-0.25, -0.2) is 4.79 Å². The van der Waals surface area contributed by atoms with Crippen LogP contribution in [0.5, 0.6) is 0 Å². The van der Waals surface area contributed by atoms with Crippen LogP contribution in [0.2, 0.25) is 0 Å². The highest BCUT2D eigenvalue weighted by Gasteiger charge is 2.41. The Hall–Kier alpha value is -1.03. The summed E-state index contributed by atoms with van der Waals surface area (Å²) in [6, 6.07) is 0. The fourth-order valence-electron chi connectivity index (χ4n) is 6.44. The molecule has 5 N–H and O–H groups in total. The molecule has 2 aliphatic rings. The van der Waals surface area contributed by atoms with Crippen molar-refractivity contribution in [3.8, 4) is 0 Å². The van der Waals surface area contributed by atoms with Crippen molar-refractivity contribution >= 4 is 5.97 Å². The van der Waals surface area contributed by atoms with E-state index in [9.17, 15) is 30.3 Å². The molecule has 0 amide bonds. The molecule has 0 unspecified atom stereocenters. The lowest BCUT2D eigenvalue weighted by Gasteiger charge is -2.23. The van der Waals surface area contributed by atoms with E-state index in [1.165, 1.54) is 64.2 Å². The minimum Gasteiger partial charge on any atom is -0.455 e. The summed E-state index contributed by atoms with van der Waals surface area (Å²) in [6.45, 7) is 4.05. The van der Waals surface area contributed by atoms with E-state index in [0.29, 0.717) is 50.5 Å². The standard InChI is InChI=1S/C35H64O8/c1-3-4-5-6-7-8-9-10-11-12-13-17-20-30(38)33-25-32(40)34(43-33)31(39)22-21-28(36)18-15-14-16-19-29(37)24-27-23-26(2)42-35(27)41/h23,26,28-34,36-40H,3-22,24-25H2,1-2H3/t26-,28-,29+,30-,31-,32+,33-,34+/m0/s1. The first-order chi connectivity index (χ1) is 20.7. The zero-order valence-electron chi connectivity index (χ0n) is 27.2. The monoisotopic (exact) mass is 612 g/mol. The van der Waals surface area contributed by atoms with Gasteiger partial charge in [-0.05, 0) is 45.1 Å². The molecule has 8 heteroatoms. The number of esters is 1. The summed E-state index contributed by atoms with van der Waals surface area (Å²) in [5.41, 5.74) is 0.547. The van der Waals surface area contributed by atoms with E-state index in [1.54, 1.807) is 13.0 Å². The van der Waals surface area contributed by atoms with Crippen LogP contribution in [0, 0.1) is 0 Å². The molecule has 1 saturated heterocycles. The third-order valence-corrected chi connectivity index (χ3v) is 9.16. The number of ether oxygens (including phenoxy) is 2. The third-order valence-electron chi connectivity index (χ3n) is 9.16. The van der Waals surface area contributed by atoms with Gasteiger partial charge in [-0.2, -0.15) is 0 Å². The molecule has 43 heavy (non-hydrogen) atoms. The van der Waals surface area contributed by atoms with Crippen molar-refractivity contribution in [3.05, 3.63) is 11.6 Å². The molecule has 2 heterocycles. The SMILES string of the molecule is CCCCCCCCCCCCCC[C@H](O)[C@@H]1C[C@@H](O)[C@@H]([C@@H](O)CC[C@@H](O)CCCCC[C@@H](O)CC2=C[C@H](C)OC2=O)O1. The molecule has 2 rings (SSSR count). The Kier molecular flexibility index (Phi) is 19.9. The number of carbonyl (C=O) groups is 1. The first-order valence-corrected chi connectivity index (χ1v) is 17.7. The van der Waals surface area contributed by atoms with Crippen LogP contribution in [-0.4, -0.2) is 80.3 Å². The second-order valence-corrected chi connectivity index (χ2v) is 13.3. The smallest absolute Gasteiger partial charge is 0.334 e. The van der Waals surface area contributed by atoms with Gasteiger partial charge in [0.25, 0.3) is 0 Å². The average Bonchev–Trinajstić information content (AvgIpc) is 3.52. The van der Waals surface area contributed by atoms with Crippen molar-refractivity contribution in [3.63, 3.8) is 0 Å². The van der Waals surface area contributed by atoms with Gasteiger partial charge < -0.3 is 35.0 Å². The maximum Gasteiger partial charge on any atom is 0.334 e. The summed E-state index contributed by atoms with van der Waals surface area (Å²) in [5, 5.41) is 52.3. The lowest BCUT2D eigenvalue weighted by molar-refractivity contribution is -0.139. The van der Waals surface area contributed by atoms with E-state index >= 15 is 0 Å². The molecule has 0 aromatic heterocycles. The van der Waals surface area contributed by atoms with E-state index in [1.807, 2.05) is 0 Å². The normalized spacial score (nSPS) is 25.0. The minimum absolute atomic E-state index is 0.222. The van der Waals surface area contributed by atoms with Crippen LogP contribution in [-0.2, 0) is 14.3 Å². The van der Waals surface area contributed by atoms with Crippen LogP contribution in [0.3, 0.4) is 0 Å².